The van der Waals surface area contributed by atoms with Crippen molar-refractivity contribution in [3.63, 3.8) is 0 Å². The van der Waals surface area contributed by atoms with Crippen LogP contribution in [-0.2, 0) is 13.1 Å². The van der Waals surface area contributed by atoms with E-state index in [1.165, 1.54) is 16.8 Å². The third kappa shape index (κ3) is 5.58. The normalized spacial score (nSPS) is 11.6. The second-order valence-electron chi connectivity index (χ2n) is 6.66. The number of rotatable bonds is 8. The van der Waals surface area contributed by atoms with Gasteiger partial charge in [0.05, 0.1) is 6.54 Å². The molecular formula is C22H23ClN6O3. The Kier molecular flexibility index (Phi) is 7.35. The minimum atomic E-state index is -0.627. The summed E-state index contributed by atoms with van der Waals surface area (Å²) in [4.78, 5) is 29.3. The molecular weight excluding hydrogens is 432 g/mol. The Bertz CT molecular complexity index is 1240. The monoisotopic (exact) mass is 454 g/mol. The average molecular weight is 455 g/mol. The minimum absolute atomic E-state index is 0.126. The topological polar surface area (TPSA) is 130 Å². The van der Waals surface area contributed by atoms with E-state index in [1.807, 2.05) is 12.1 Å². The van der Waals surface area contributed by atoms with Crippen molar-refractivity contribution in [2.75, 3.05) is 5.32 Å². The predicted molar refractivity (Wildman–Crippen MR) is 125 cm³/mol. The summed E-state index contributed by atoms with van der Waals surface area (Å²) < 4.78 is 7.95. The number of ether oxygens (including phenoxy) is 1. The van der Waals surface area contributed by atoms with Crippen molar-refractivity contribution in [1.82, 2.24) is 14.1 Å². The first kappa shape index (κ1) is 22.7. The Balaban J connectivity index is 1.90. The first-order valence-corrected chi connectivity index (χ1v) is 10.1. The van der Waals surface area contributed by atoms with E-state index in [4.69, 9.17) is 27.8 Å². The van der Waals surface area contributed by atoms with Gasteiger partial charge in [-0.2, -0.15) is 4.98 Å². The van der Waals surface area contributed by atoms with Crippen molar-refractivity contribution >= 4 is 23.2 Å². The van der Waals surface area contributed by atoms with Crippen molar-refractivity contribution in [1.29, 1.82) is 0 Å². The Morgan fingerprint density at radius 1 is 1.12 bits per heavy atom. The number of allylic oxidation sites excluding steroid dienone is 2. The van der Waals surface area contributed by atoms with Crippen LogP contribution < -0.4 is 32.9 Å². The molecule has 1 aromatic heterocycles. The summed E-state index contributed by atoms with van der Waals surface area (Å²) in [6.07, 6.45) is 4.41. The summed E-state index contributed by atoms with van der Waals surface area (Å²) in [5.74, 6) is 0.803. The zero-order valence-corrected chi connectivity index (χ0v) is 18.1. The van der Waals surface area contributed by atoms with E-state index < -0.39 is 11.4 Å². The van der Waals surface area contributed by atoms with Gasteiger partial charge in [0.2, 0.25) is 5.95 Å². The molecule has 10 heteroatoms. The highest BCUT2D eigenvalue weighted by atomic mass is 35.5. The molecule has 0 atom stereocenters. The number of nitrogens with one attached hydrogen (secondary N) is 1. The molecule has 0 unspecified atom stereocenters. The van der Waals surface area contributed by atoms with E-state index in [2.05, 4.69) is 10.3 Å². The quantitative estimate of drug-likeness (QED) is 0.352. The van der Waals surface area contributed by atoms with E-state index in [0.29, 0.717) is 16.5 Å². The van der Waals surface area contributed by atoms with E-state index in [9.17, 15) is 9.59 Å². The summed E-state index contributed by atoms with van der Waals surface area (Å²) in [5, 5.41) is 3.63. The zero-order valence-electron chi connectivity index (χ0n) is 17.4. The molecule has 0 amide bonds. The molecule has 5 N–H and O–H groups in total. The summed E-state index contributed by atoms with van der Waals surface area (Å²) >= 11 is 5.95. The fraction of sp³-hybridized carbons (Fsp3) is 0.136. The van der Waals surface area contributed by atoms with Crippen LogP contribution >= 0.6 is 11.6 Å². The van der Waals surface area contributed by atoms with Crippen LogP contribution in [-0.4, -0.2) is 14.1 Å². The Morgan fingerprint density at radius 3 is 2.44 bits per heavy atom. The molecule has 32 heavy (non-hydrogen) atoms. The van der Waals surface area contributed by atoms with Gasteiger partial charge in [-0.1, -0.05) is 23.7 Å². The van der Waals surface area contributed by atoms with Crippen LogP contribution in [0, 0.1) is 0 Å². The first-order chi connectivity index (χ1) is 15.4. The summed E-state index contributed by atoms with van der Waals surface area (Å²) in [5.41, 5.74) is 11.4. The van der Waals surface area contributed by atoms with Gasteiger partial charge in [0.15, 0.2) is 5.88 Å². The van der Waals surface area contributed by atoms with Gasteiger partial charge >= 0.3 is 11.4 Å². The summed E-state index contributed by atoms with van der Waals surface area (Å²) in [6.45, 7) is 2.14. The van der Waals surface area contributed by atoms with E-state index in [-0.39, 0.29) is 24.9 Å². The predicted octanol–water partition coefficient (Wildman–Crippen LogP) is 2.52. The molecule has 0 aliphatic heterocycles. The largest absolute Gasteiger partial charge is 0.442 e. The Morgan fingerprint density at radius 2 is 1.81 bits per heavy atom. The molecule has 0 radical (unpaired) electrons. The first-order valence-electron chi connectivity index (χ1n) is 9.76. The number of hydrogen-bond acceptors (Lipinski definition) is 7. The van der Waals surface area contributed by atoms with Gasteiger partial charge in [0, 0.05) is 17.3 Å². The molecule has 0 aliphatic rings. The number of hydrogen-bond donors (Lipinski definition) is 3. The van der Waals surface area contributed by atoms with Crippen molar-refractivity contribution < 1.29 is 4.74 Å². The summed E-state index contributed by atoms with van der Waals surface area (Å²) in [6, 6.07) is 13.9. The van der Waals surface area contributed by atoms with Crippen LogP contribution in [0.4, 0.5) is 11.6 Å². The zero-order chi connectivity index (χ0) is 23.1. The van der Waals surface area contributed by atoms with Crippen molar-refractivity contribution in [3.8, 4) is 5.75 Å². The fourth-order valence-electron chi connectivity index (χ4n) is 2.87. The maximum Gasteiger partial charge on any atom is 0.354 e. The molecule has 9 nitrogen and oxygen atoms in total. The van der Waals surface area contributed by atoms with Crippen molar-refractivity contribution in [3.05, 3.63) is 104 Å². The van der Waals surface area contributed by atoms with Gasteiger partial charge in [0.25, 0.3) is 0 Å². The number of nitrogens with zero attached hydrogens (tertiary/aromatic N) is 3. The van der Waals surface area contributed by atoms with Gasteiger partial charge in [-0.15, -0.1) is 0 Å². The second kappa shape index (κ2) is 10.4. The molecule has 0 saturated heterocycles. The number of nitrogens with two attached hydrogens (primary N) is 2. The summed E-state index contributed by atoms with van der Waals surface area (Å²) in [7, 11) is 0. The molecule has 3 rings (SSSR count). The average Bonchev–Trinajstić information content (AvgIpc) is 2.78. The lowest BCUT2D eigenvalue weighted by molar-refractivity contribution is 0.420. The van der Waals surface area contributed by atoms with Gasteiger partial charge < -0.3 is 21.5 Å². The number of benzene rings is 2. The van der Waals surface area contributed by atoms with Crippen LogP contribution in [0.3, 0.4) is 0 Å². The fourth-order valence-corrected chi connectivity index (χ4v) is 2.99. The highest BCUT2D eigenvalue weighted by Crippen LogP contribution is 2.20. The highest BCUT2D eigenvalue weighted by molar-refractivity contribution is 6.30. The second-order valence-corrected chi connectivity index (χ2v) is 7.10. The number of aromatic nitrogens is 3. The maximum absolute atomic E-state index is 12.9. The number of anilines is 2. The maximum atomic E-state index is 12.9. The lowest BCUT2D eigenvalue weighted by Crippen LogP contribution is -2.42. The Labute approximate surface area is 189 Å². The lowest BCUT2D eigenvalue weighted by atomic mass is 10.2. The SMILES string of the molecule is CCn1c(=O)nc(Nc2ccc(O/C(N)=C/C=C\N)cc2)n(Cc2ccc(Cl)cc2)c1=O. The molecule has 1 heterocycles. The standard InChI is InChI=1S/C22H23ClN6O3/c1-2-28-21(30)27-20(29(22(28)31)14-15-5-7-16(23)8-6-15)26-17-9-11-18(12-10-17)32-19(25)4-3-13-24/h3-13H,2,14,24-25H2,1H3,(H,26,27,30)/b13-3-,19-4+. The van der Waals surface area contributed by atoms with Crippen LogP contribution in [0.1, 0.15) is 12.5 Å². The molecule has 0 fully saturated rings. The van der Waals surface area contributed by atoms with Crippen LogP contribution in [0.2, 0.25) is 5.02 Å². The minimum Gasteiger partial charge on any atom is -0.442 e. The van der Waals surface area contributed by atoms with Gasteiger partial charge in [0.1, 0.15) is 5.75 Å². The van der Waals surface area contributed by atoms with E-state index in [1.54, 1.807) is 49.4 Å². The molecule has 0 aliphatic carbocycles. The Hall–Kier alpha value is -3.98. The highest BCUT2D eigenvalue weighted by Gasteiger charge is 2.13. The lowest BCUT2D eigenvalue weighted by Gasteiger charge is -2.15. The molecule has 2 aromatic carbocycles. The van der Waals surface area contributed by atoms with Crippen molar-refractivity contribution in [2.24, 2.45) is 11.5 Å². The third-order valence-corrected chi connectivity index (χ3v) is 4.69. The molecule has 3 aromatic rings. The van der Waals surface area contributed by atoms with Crippen LogP contribution in [0.25, 0.3) is 0 Å². The smallest absolute Gasteiger partial charge is 0.354 e. The third-order valence-electron chi connectivity index (χ3n) is 4.44. The van der Waals surface area contributed by atoms with Gasteiger partial charge in [-0.05, 0) is 67.2 Å². The van der Waals surface area contributed by atoms with Crippen LogP contribution in [0.15, 0.2) is 82.4 Å². The molecule has 0 spiro atoms. The molecule has 166 valence electrons. The van der Waals surface area contributed by atoms with Gasteiger partial charge in [-0.3, -0.25) is 4.57 Å². The number of halogens is 1. The van der Waals surface area contributed by atoms with Gasteiger partial charge in [-0.25, -0.2) is 14.2 Å². The van der Waals surface area contributed by atoms with Crippen molar-refractivity contribution in [2.45, 2.75) is 20.0 Å². The van der Waals surface area contributed by atoms with E-state index in [0.717, 1.165) is 10.1 Å². The molecule has 0 bridgehead atoms. The van der Waals surface area contributed by atoms with Crippen LogP contribution in [0.5, 0.6) is 5.75 Å². The van der Waals surface area contributed by atoms with E-state index >= 15 is 0 Å². The molecule has 0 saturated carbocycles.